The van der Waals surface area contributed by atoms with Crippen molar-refractivity contribution in [3.63, 3.8) is 0 Å². The van der Waals surface area contributed by atoms with E-state index in [0.29, 0.717) is 23.7 Å². The highest BCUT2D eigenvalue weighted by Crippen LogP contribution is 2.22. The van der Waals surface area contributed by atoms with Crippen molar-refractivity contribution >= 4 is 23.3 Å². The van der Waals surface area contributed by atoms with E-state index < -0.39 is 10.9 Å². The molecule has 120 valence electrons. The molecule has 2 rings (SSSR count). The second kappa shape index (κ2) is 7.21. The molecule has 0 unspecified atom stereocenters. The standard InChI is InChI=1S/C16H15ClN2O4/c1-18(9-11-2-6-14(17)7-3-11)10-13-5-4-12(16(20)21)8-15(13)19(22)23/h2-8H,9-10H2,1H3,(H,20,21). The number of hydrogen-bond acceptors (Lipinski definition) is 4. The summed E-state index contributed by atoms with van der Waals surface area (Å²) in [6.07, 6.45) is 0. The van der Waals surface area contributed by atoms with Gasteiger partial charge < -0.3 is 5.11 Å². The van der Waals surface area contributed by atoms with Gasteiger partial charge in [0.15, 0.2) is 0 Å². The molecule has 0 radical (unpaired) electrons. The van der Waals surface area contributed by atoms with Crippen LogP contribution in [0.3, 0.4) is 0 Å². The van der Waals surface area contributed by atoms with E-state index in [4.69, 9.17) is 16.7 Å². The molecule has 0 fully saturated rings. The minimum atomic E-state index is -1.19. The molecule has 0 aliphatic carbocycles. The van der Waals surface area contributed by atoms with Crippen molar-refractivity contribution in [3.8, 4) is 0 Å². The third-order valence-electron chi connectivity index (χ3n) is 3.33. The topological polar surface area (TPSA) is 83.7 Å². The highest BCUT2D eigenvalue weighted by molar-refractivity contribution is 6.30. The summed E-state index contributed by atoms with van der Waals surface area (Å²) in [5, 5.41) is 20.7. The van der Waals surface area contributed by atoms with Crippen molar-refractivity contribution in [3.05, 3.63) is 74.3 Å². The molecule has 0 saturated carbocycles. The maximum absolute atomic E-state index is 11.2. The minimum absolute atomic E-state index is 0.0965. The third-order valence-corrected chi connectivity index (χ3v) is 3.59. The summed E-state index contributed by atoms with van der Waals surface area (Å²) >= 11 is 5.84. The maximum Gasteiger partial charge on any atom is 0.335 e. The zero-order valence-electron chi connectivity index (χ0n) is 12.4. The Morgan fingerprint density at radius 1 is 1.22 bits per heavy atom. The first-order chi connectivity index (χ1) is 10.9. The van der Waals surface area contributed by atoms with Crippen LogP contribution in [-0.4, -0.2) is 27.9 Å². The smallest absolute Gasteiger partial charge is 0.335 e. The number of nitrogens with zero attached hydrogens (tertiary/aromatic N) is 2. The van der Waals surface area contributed by atoms with Gasteiger partial charge >= 0.3 is 5.97 Å². The second-order valence-electron chi connectivity index (χ2n) is 5.20. The second-order valence-corrected chi connectivity index (χ2v) is 5.64. The molecule has 0 spiro atoms. The van der Waals surface area contributed by atoms with Crippen molar-refractivity contribution in [2.24, 2.45) is 0 Å². The van der Waals surface area contributed by atoms with Gasteiger partial charge in [-0.25, -0.2) is 4.79 Å². The molecule has 0 heterocycles. The highest BCUT2D eigenvalue weighted by atomic mass is 35.5. The first-order valence-corrected chi connectivity index (χ1v) is 7.18. The van der Waals surface area contributed by atoms with Gasteiger partial charge in [-0.3, -0.25) is 15.0 Å². The molecule has 2 aromatic carbocycles. The van der Waals surface area contributed by atoms with Gasteiger partial charge in [-0.15, -0.1) is 0 Å². The molecule has 0 amide bonds. The Morgan fingerprint density at radius 2 is 1.87 bits per heavy atom. The Kier molecular flexibility index (Phi) is 5.31. The molecule has 23 heavy (non-hydrogen) atoms. The fourth-order valence-electron chi connectivity index (χ4n) is 2.25. The number of carboxylic acids is 1. The van der Waals surface area contributed by atoms with Crippen LogP contribution in [0, 0.1) is 10.1 Å². The first-order valence-electron chi connectivity index (χ1n) is 6.80. The largest absolute Gasteiger partial charge is 0.478 e. The number of benzene rings is 2. The number of halogens is 1. The molecular formula is C16H15ClN2O4. The van der Waals surface area contributed by atoms with Crippen molar-refractivity contribution in [2.75, 3.05) is 7.05 Å². The predicted octanol–water partition coefficient (Wildman–Crippen LogP) is 3.58. The van der Waals surface area contributed by atoms with Crippen LogP contribution < -0.4 is 0 Å². The molecule has 7 heteroatoms. The van der Waals surface area contributed by atoms with Crippen molar-refractivity contribution in [2.45, 2.75) is 13.1 Å². The number of nitro groups is 1. The zero-order valence-corrected chi connectivity index (χ0v) is 13.2. The summed E-state index contributed by atoms with van der Waals surface area (Å²) in [7, 11) is 1.84. The van der Waals surface area contributed by atoms with Crippen LogP contribution in [0.1, 0.15) is 21.5 Å². The van der Waals surface area contributed by atoms with E-state index in [1.807, 2.05) is 24.1 Å². The van der Waals surface area contributed by atoms with Crippen LogP contribution in [0.2, 0.25) is 5.02 Å². The average Bonchev–Trinajstić information content (AvgIpc) is 2.49. The molecule has 6 nitrogen and oxygen atoms in total. The van der Waals surface area contributed by atoms with E-state index in [0.717, 1.165) is 11.6 Å². The van der Waals surface area contributed by atoms with Gasteiger partial charge in [0.1, 0.15) is 0 Å². The van der Waals surface area contributed by atoms with E-state index in [-0.39, 0.29) is 11.3 Å². The van der Waals surface area contributed by atoms with Gasteiger partial charge in [-0.05, 0) is 30.8 Å². The molecule has 0 aliphatic rings. The lowest BCUT2D eigenvalue weighted by atomic mass is 10.1. The van der Waals surface area contributed by atoms with E-state index >= 15 is 0 Å². The van der Waals surface area contributed by atoms with E-state index in [2.05, 4.69) is 0 Å². The fourth-order valence-corrected chi connectivity index (χ4v) is 2.37. The lowest BCUT2D eigenvalue weighted by Gasteiger charge is -2.17. The lowest BCUT2D eigenvalue weighted by molar-refractivity contribution is -0.385. The Morgan fingerprint density at radius 3 is 2.43 bits per heavy atom. The molecular weight excluding hydrogens is 320 g/mol. The van der Waals surface area contributed by atoms with Crippen LogP contribution in [0.25, 0.3) is 0 Å². The van der Waals surface area contributed by atoms with Crippen molar-refractivity contribution in [1.29, 1.82) is 0 Å². The number of rotatable bonds is 6. The van der Waals surface area contributed by atoms with Crippen molar-refractivity contribution in [1.82, 2.24) is 4.90 Å². The summed E-state index contributed by atoms with van der Waals surface area (Å²) < 4.78 is 0. The number of aromatic carboxylic acids is 1. The van der Waals surface area contributed by atoms with Gasteiger partial charge in [0.2, 0.25) is 0 Å². The van der Waals surface area contributed by atoms with Gasteiger partial charge in [-0.2, -0.15) is 0 Å². The Bertz CT molecular complexity index is 731. The molecule has 1 N–H and O–H groups in total. The normalized spacial score (nSPS) is 10.7. The van der Waals surface area contributed by atoms with Crippen LogP contribution in [0.4, 0.5) is 5.69 Å². The monoisotopic (exact) mass is 334 g/mol. The molecule has 0 bridgehead atoms. The van der Waals surface area contributed by atoms with E-state index in [1.165, 1.54) is 12.1 Å². The zero-order chi connectivity index (χ0) is 17.0. The number of nitro benzene ring substituents is 1. The Hall–Kier alpha value is -2.44. The summed E-state index contributed by atoms with van der Waals surface area (Å²) in [5.74, 6) is -1.19. The van der Waals surface area contributed by atoms with E-state index in [1.54, 1.807) is 12.1 Å². The van der Waals surface area contributed by atoms with E-state index in [9.17, 15) is 14.9 Å². The van der Waals surface area contributed by atoms with Crippen LogP contribution in [-0.2, 0) is 13.1 Å². The number of carboxylic acid groups (broad SMARTS) is 1. The average molecular weight is 335 g/mol. The van der Waals surface area contributed by atoms with Gasteiger partial charge in [0.25, 0.3) is 5.69 Å². The van der Waals surface area contributed by atoms with Crippen LogP contribution in [0.5, 0.6) is 0 Å². The first kappa shape index (κ1) is 16.9. The summed E-state index contributed by atoms with van der Waals surface area (Å²) in [4.78, 5) is 23.4. The van der Waals surface area contributed by atoms with Crippen molar-refractivity contribution < 1.29 is 14.8 Å². The van der Waals surface area contributed by atoms with Crippen LogP contribution >= 0.6 is 11.6 Å². The molecule has 0 saturated heterocycles. The maximum atomic E-state index is 11.2. The molecule has 0 atom stereocenters. The third kappa shape index (κ3) is 4.51. The van der Waals surface area contributed by atoms with Gasteiger partial charge in [0, 0.05) is 29.7 Å². The quantitative estimate of drug-likeness (QED) is 0.644. The predicted molar refractivity (Wildman–Crippen MR) is 86.7 cm³/mol. The van der Waals surface area contributed by atoms with Gasteiger partial charge in [-0.1, -0.05) is 29.8 Å². The fraction of sp³-hybridized carbons (Fsp3) is 0.188. The lowest BCUT2D eigenvalue weighted by Crippen LogP contribution is -2.18. The minimum Gasteiger partial charge on any atom is -0.478 e. The van der Waals surface area contributed by atoms with Crippen LogP contribution in [0.15, 0.2) is 42.5 Å². The molecule has 0 aliphatic heterocycles. The molecule has 0 aromatic heterocycles. The molecule has 2 aromatic rings. The summed E-state index contributed by atoms with van der Waals surface area (Å²) in [5.41, 5.74) is 1.21. The number of hydrogen-bond donors (Lipinski definition) is 1. The summed E-state index contributed by atoms with van der Waals surface area (Å²) in [6.45, 7) is 0.924. The Labute approximate surface area is 138 Å². The Balaban J connectivity index is 2.16. The number of carbonyl (C=O) groups is 1. The highest BCUT2D eigenvalue weighted by Gasteiger charge is 2.18. The summed E-state index contributed by atoms with van der Waals surface area (Å²) in [6, 6.07) is 11.3. The van der Waals surface area contributed by atoms with Gasteiger partial charge in [0.05, 0.1) is 10.5 Å². The SMILES string of the molecule is CN(Cc1ccc(Cl)cc1)Cc1ccc(C(=O)O)cc1[N+](=O)[O-].